The van der Waals surface area contributed by atoms with Crippen molar-refractivity contribution in [1.29, 1.82) is 0 Å². The van der Waals surface area contributed by atoms with Crippen LogP contribution in [-0.4, -0.2) is 6.04 Å². The van der Waals surface area contributed by atoms with E-state index in [1.54, 1.807) is 0 Å². The van der Waals surface area contributed by atoms with E-state index in [1.165, 1.54) is 12.8 Å². The average Bonchev–Trinajstić information content (AvgIpc) is 2.39. The molecule has 1 aliphatic rings. The van der Waals surface area contributed by atoms with Crippen molar-refractivity contribution in [3.63, 3.8) is 0 Å². The Bertz CT molecular complexity index is 452. The van der Waals surface area contributed by atoms with Gasteiger partial charge in [-0.3, -0.25) is 0 Å². The Kier molecular flexibility index (Phi) is 5.27. The lowest BCUT2D eigenvalue weighted by atomic mass is 9.73. The first-order chi connectivity index (χ1) is 9.04. The van der Waals surface area contributed by atoms with Crippen LogP contribution in [0.3, 0.4) is 0 Å². The van der Waals surface area contributed by atoms with Crippen LogP contribution < -0.4 is 5.73 Å². The number of halogens is 3. The van der Waals surface area contributed by atoms with Gasteiger partial charge in [-0.2, -0.15) is 0 Å². The van der Waals surface area contributed by atoms with Crippen molar-refractivity contribution >= 4 is 27.5 Å². The van der Waals surface area contributed by atoms with Crippen LogP contribution >= 0.6 is 27.5 Å². The second-order valence-electron chi connectivity index (χ2n) is 5.50. The first-order valence-corrected chi connectivity index (χ1v) is 8.10. The molecule has 1 saturated carbocycles. The highest BCUT2D eigenvalue weighted by Crippen LogP contribution is 2.40. The lowest BCUT2D eigenvalue weighted by Gasteiger charge is -2.34. The summed E-state index contributed by atoms with van der Waals surface area (Å²) in [6.45, 7) is 2.20. The summed E-state index contributed by atoms with van der Waals surface area (Å²) in [4.78, 5) is 0. The van der Waals surface area contributed by atoms with Gasteiger partial charge in [0.2, 0.25) is 0 Å². The minimum atomic E-state index is -0.311. The number of nitrogens with two attached hydrogens (primary N) is 1. The van der Waals surface area contributed by atoms with E-state index >= 15 is 0 Å². The Morgan fingerprint density at radius 3 is 2.84 bits per heavy atom. The summed E-state index contributed by atoms with van der Waals surface area (Å²) < 4.78 is 14.9. The molecule has 2 rings (SSSR count). The summed E-state index contributed by atoms with van der Waals surface area (Å²) in [5, 5.41) is 0.169. The zero-order valence-electron chi connectivity index (χ0n) is 11.1. The molecule has 2 N–H and O–H groups in total. The molecular weight excluding hydrogens is 329 g/mol. The van der Waals surface area contributed by atoms with Gasteiger partial charge in [0.1, 0.15) is 5.82 Å². The Balaban J connectivity index is 2.26. The van der Waals surface area contributed by atoms with Crippen molar-refractivity contribution < 1.29 is 4.39 Å². The Morgan fingerprint density at radius 2 is 2.16 bits per heavy atom. The zero-order chi connectivity index (χ0) is 14.0. The van der Waals surface area contributed by atoms with Crippen LogP contribution in [0.15, 0.2) is 16.6 Å². The molecule has 0 radical (unpaired) electrons. The summed E-state index contributed by atoms with van der Waals surface area (Å²) in [7, 11) is 0. The van der Waals surface area contributed by atoms with Crippen LogP contribution in [0, 0.1) is 11.7 Å². The summed E-state index contributed by atoms with van der Waals surface area (Å²) >= 11 is 9.24. The quantitative estimate of drug-likeness (QED) is 0.741. The monoisotopic (exact) mass is 347 g/mol. The smallest absolute Gasteiger partial charge is 0.146 e. The van der Waals surface area contributed by atoms with Gasteiger partial charge in [-0.15, -0.1) is 0 Å². The third-order valence-electron chi connectivity index (χ3n) is 4.17. The fourth-order valence-electron chi connectivity index (χ4n) is 3.14. The van der Waals surface area contributed by atoms with Gasteiger partial charge < -0.3 is 5.73 Å². The van der Waals surface area contributed by atoms with Crippen LogP contribution in [0.5, 0.6) is 0 Å². The van der Waals surface area contributed by atoms with E-state index in [9.17, 15) is 4.39 Å². The van der Waals surface area contributed by atoms with Gasteiger partial charge in [0.15, 0.2) is 0 Å². The molecule has 1 aromatic carbocycles. The highest BCUT2D eigenvalue weighted by molar-refractivity contribution is 9.10. The topological polar surface area (TPSA) is 26.0 Å². The molecular formula is C15H20BrClFN. The molecule has 3 atom stereocenters. The van der Waals surface area contributed by atoms with E-state index in [1.807, 2.05) is 12.1 Å². The molecule has 3 unspecified atom stereocenters. The highest BCUT2D eigenvalue weighted by Gasteiger charge is 2.31. The Labute approximate surface area is 127 Å². The van der Waals surface area contributed by atoms with Gasteiger partial charge in [0.25, 0.3) is 0 Å². The van der Waals surface area contributed by atoms with Gasteiger partial charge in [-0.05, 0) is 52.7 Å². The van der Waals surface area contributed by atoms with E-state index in [-0.39, 0.29) is 22.8 Å². The van der Waals surface area contributed by atoms with Gasteiger partial charge in [0, 0.05) is 16.4 Å². The molecule has 106 valence electrons. The molecule has 0 spiro atoms. The predicted octanol–water partition coefficient (Wildman–Crippen LogP) is 5.25. The Morgan fingerprint density at radius 1 is 1.42 bits per heavy atom. The highest BCUT2D eigenvalue weighted by atomic mass is 79.9. The molecule has 19 heavy (non-hydrogen) atoms. The summed E-state index contributed by atoms with van der Waals surface area (Å²) in [6, 6.07) is 3.68. The SMILES string of the molecule is CCCC1CCC(N)C(c2ccc(Br)c(Cl)c2F)C1. The molecule has 0 heterocycles. The van der Waals surface area contributed by atoms with Crippen molar-refractivity contribution in [3.05, 3.63) is 33.0 Å². The van der Waals surface area contributed by atoms with E-state index < -0.39 is 0 Å². The third kappa shape index (κ3) is 3.32. The van der Waals surface area contributed by atoms with Crippen LogP contribution in [0.1, 0.15) is 50.5 Å². The third-order valence-corrected chi connectivity index (χ3v) is 5.43. The van der Waals surface area contributed by atoms with Crippen molar-refractivity contribution in [3.8, 4) is 0 Å². The molecule has 0 aliphatic heterocycles. The zero-order valence-corrected chi connectivity index (χ0v) is 13.5. The van der Waals surface area contributed by atoms with Gasteiger partial charge in [-0.1, -0.05) is 37.4 Å². The molecule has 1 nitrogen and oxygen atoms in total. The van der Waals surface area contributed by atoms with E-state index in [4.69, 9.17) is 17.3 Å². The lowest BCUT2D eigenvalue weighted by molar-refractivity contribution is 0.270. The maximum Gasteiger partial charge on any atom is 0.146 e. The molecule has 0 aromatic heterocycles. The molecule has 0 amide bonds. The molecule has 1 aliphatic carbocycles. The lowest BCUT2D eigenvalue weighted by Crippen LogP contribution is -2.35. The predicted molar refractivity (Wildman–Crippen MR) is 82.1 cm³/mol. The first kappa shape index (κ1) is 15.3. The minimum Gasteiger partial charge on any atom is -0.327 e. The largest absolute Gasteiger partial charge is 0.327 e. The molecule has 4 heteroatoms. The maximum atomic E-state index is 14.3. The van der Waals surface area contributed by atoms with Gasteiger partial charge in [-0.25, -0.2) is 4.39 Å². The standard InChI is InChI=1S/C15H20BrClFN/c1-2-3-9-4-7-13(19)11(8-9)10-5-6-12(16)14(17)15(10)18/h5-6,9,11,13H,2-4,7-8,19H2,1H3. The van der Waals surface area contributed by atoms with Gasteiger partial charge >= 0.3 is 0 Å². The van der Waals surface area contributed by atoms with E-state index in [0.717, 1.165) is 19.3 Å². The van der Waals surface area contributed by atoms with Crippen molar-refractivity contribution in [2.75, 3.05) is 0 Å². The van der Waals surface area contributed by atoms with Crippen molar-refractivity contribution in [1.82, 2.24) is 0 Å². The van der Waals surface area contributed by atoms with E-state index in [0.29, 0.717) is 16.0 Å². The number of hydrogen-bond donors (Lipinski definition) is 1. The van der Waals surface area contributed by atoms with Gasteiger partial charge in [0.05, 0.1) is 5.02 Å². The summed E-state index contributed by atoms with van der Waals surface area (Å²) in [6.07, 6.45) is 5.50. The van der Waals surface area contributed by atoms with Crippen molar-refractivity contribution in [2.45, 2.75) is 51.0 Å². The summed E-state index contributed by atoms with van der Waals surface area (Å²) in [5.41, 5.74) is 6.89. The normalized spacial score (nSPS) is 27.5. The molecule has 1 aromatic rings. The fraction of sp³-hybridized carbons (Fsp3) is 0.600. The average molecular weight is 349 g/mol. The molecule has 0 bridgehead atoms. The molecule has 1 fully saturated rings. The maximum absolute atomic E-state index is 14.3. The molecule has 0 saturated heterocycles. The second kappa shape index (κ2) is 6.55. The minimum absolute atomic E-state index is 0.0415. The van der Waals surface area contributed by atoms with Crippen LogP contribution in [0.2, 0.25) is 5.02 Å². The number of hydrogen-bond acceptors (Lipinski definition) is 1. The van der Waals surface area contributed by atoms with Crippen LogP contribution in [-0.2, 0) is 0 Å². The Hall–Kier alpha value is -0.120. The second-order valence-corrected chi connectivity index (χ2v) is 6.73. The van der Waals surface area contributed by atoms with Crippen molar-refractivity contribution in [2.24, 2.45) is 11.7 Å². The fourth-order valence-corrected chi connectivity index (χ4v) is 3.61. The van der Waals surface area contributed by atoms with Crippen LogP contribution in [0.4, 0.5) is 4.39 Å². The van der Waals surface area contributed by atoms with E-state index in [2.05, 4.69) is 22.9 Å². The number of rotatable bonds is 3. The summed E-state index contributed by atoms with van der Waals surface area (Å²) in [5.74, 6) is 0.446. The van der Waals surface area contributed by atoms with Crippen LogP contribution in [0.25, 0.3) is 0 Å². The first-order valence-electron chi connectivity index (χ1n) is 6.93. The number of benzene rings is 1.